The van der Waals surface area contributed by atoms with Crippen LogP contribution in [-0.4, -0.2) is 57.9 Å². The smallest absolute Gasteiger partial charge is 0.186 e. The summed E-state index contributed by atoms with van der Waals surface area (Å²) in [7, 11) is 0. The van der Waals surface area contributed by atoms with Crippen LogP contribution in [0.1, 0.15) is 40.3 Å². The normalized spacial score (nSPS) is 16.5. The zero-order chi connectivity index (χ0) is 24.9. The molecule has 2 aromatic heterocycles. The summed E-state index contributed by atoms with van der Waals surface area (Å²) in [6.45, 7) is 7.51. The van der Waals surface area contributed by atoms with Gasteiger partial charge in [0, 0.05) is 55.4 Å². The maximum Gasteiger partial charge on any atom is 0.186 e. The first-order chi connectivity index (χ1) is 18.2. The van der Waals surface area contributed by atoms with Gasteiger partial charge >= 0.3 is 0 Å². The number of aryl methyl sites for hydroxylation is 1. The number of hydrogen-bond acceptors (Lipinski definition) is 6. The number of Topliss-reactive ketones (excluding diaryl/α,β-unsaturated/α-hetero) is 1. The Bertz CT molecular complexity index is 1510. The molecule has 0 unspecified atom stereocenters. The second kappa shape index (κ2) is 11.2. The van der Waals surface area contributed by atoms with Gasteiger partial charge in [-0.1, -0.05) is 18.2 Å². The lowest BCUT2D eigenvalue weighted by molar-refractivity contribution is 0.0960. The number of rotatable bonds is 6. The molecule has 39 heavy (non-hydrogen) atoms. The lowest BCUT2D eigenvalue weighted by Gasteiger charge is -2.36. The molecule has 204 valence electrons. The van der Waals surface area contributed by atoms with Crippen molar-refractivity contribution >= 4 is 47.2 Å². The molecular weight excluding hydrogens is 533 g/mol. The number of carbonyl (C=O) groups excluding carboxylic acids is 1. The van der Waals surface area contributed by atoms with Crippen molar-refractivity contribution in [2.24, 2.45) is 5.92 Å². The molecule has 9 heteroatoms. The van der Waals surface area contributed by atoms with Gasteiger partial charge in [0.1, 0.15) is 24.4 Å². The third kappa shape index (κ3) is 5.11. The highest BCUT2D eigenvalue weighted by molar-refractivity contribution is 5.99. The van der Waals surface area contributed by atoms with Gasteiger partial charge in [-0.05, 0) is 62.1 Å². The molecule has 4 aromatic rings. The number of aromatic nitrogens is 3. The van der Waals surface area contributed by atoms with E-state index in [4.69, 9.17) is 9.72 Å². The molecule has 4 heterocycles. The molecule has 0 radical (unpaired) electrons. The molecule has 0 N–H and O–H groups in total. The van der Waals surface area contributed by atoms with E-state index in [9.17, 15) is 4.79 Å². The van der Waals surface area contributed by atoms with Crippen LogP contribution in [0.25, 0.3) is 16.6 Å². The first-order valence-electron chi connectivity index (χ1n) is 13.3. The van der Waals surface area contributed by atoms with Crippen molar-refractivity contribution in [1.29, 1.82) is 0 Å². The van der Waals surface area contributed by atoms with Crippen LogP contribution in [0.4, 0.5) is 5.69 Å². The van der Waals surface area contributed by atoms with Crippen LogP contribution in [0.5, 0.6) is 5.75 Å². The van der Waals surface area contributed by atoms with Crippen LogP contribution in [0.2, 0.25) is 0 Å². The van der Waals surface area contributed by atoms with Gasteiger partial charge in [0.25, 0.3) is 0 Å². The van der Waals surface area contributed by atoms with Crippen molar-refractivity contribution in [3.8, 4) is 11.4 Å². The molecule has 2 fully saturated rings. The highest BCUT2D eigenvalue weighted by Crippen LogP contribution is 2.38. The summed E-state index contributed by atoms with van der Waals surface area (Å²) in [6.07, 6.45) is 4.69. The van der Waals surface area contributed by atoms with Gasteiger partial charge in [0.15, 0.2) is 5.78 Å². The van der Waals surface area contributed by atoms with E-state index in [1.54, 1.807) is 6.33 Å². The maximum atomic E-state index is 12.6. The zero-order valence-electron chi connectivity index (χ0n) is 22.0. The lowest BCUT2D eigenvalue weighted by atomic mass is 10.1. The SMILES string of the molecule is Cc1ccc2c(N3CCN(CCc4cccc5c4OCc4c(C(=O)C6CC6)ncn4-5)CC3)cccc2n1.Cl.Cl. The number of ketones is 1. The molecule has 2 aliphatic heterocycles. The molecular formula is C30H33Cl2N5O2. The number of fused-ring (bicyclic) bond motifs is 4. The van der Waals surface area contributed by atoms with E-state index in [-0.39, 0.29) is 36.5 Å². The minimum absolute atomic E-state index is 0. The molecule has 2 aromatic carbocycles. The van der Waals surface area contributed by atoms with E-state index in [0.29, 0.717) is 12.3 Å². The summed E-state index contributed by atoms with van der Waals surface area (Å²) in [4.78, 5) is 26.9. The first kappa shape index (κ1) is 27.4. The quantitative estimate of drug-likeness (QED) is 0.291. The van der Waals surface area contributed by atoms with Gasteiger partial charge in [-0.15, -0.1) is 24.8 Å². The van der Waals surface area contributed by atoms with E-state index < -0.39 is 0 Å². The molecule has 0 atom stereocenters. The second-order valence-corrected chi connectivity index (χ2v) is 10.5. The van der Waals surface area contributed by atoms with Crippen LogP contribution >= 0.6 is 24.8 Å². The predicted molar refractivity (Wildman–Crippen MR) is 158 cm³/mol. The summed E-state index contributed by atoms with van der Waals surface area (Å²) in [5.41, 5.74) is 7.09. The fourth-order valence-corrected chi connectivity index (χ4v) is 5.74. The van der Waals surface area contributed by atoms with Crippen LogP contribution in [0, 0.1) is 12.8 Å². The average molecular weight is 567 g/mol. The average Bonchev–Trinajstić information content (AvgIpc) is 3.69. The van der Waals surface area contributed by atoms with Crippen LogP contribution < -0.4 is 9.64 Å². The van der Waals surface area contributed by atoms with Gasteiger partial charge in [0.05, 0.1) is 16.9 Å². The first-order valence-corrected chi connectivity index (χ1v) is 13.3. The number of nitrogens with zero attached hydrogens (tertiary/aromatic N) is 5. The fourth-order valence-electron chi connectivity index (χ4n) is 5.74. The van der Waals surface area contributed by atoms with E-state index in [0.717, 1.165) is 80.3 Å². The van der Waals surface area contributed by atoms with Gasteiger partial charge in [-0.25, -0.2) is 4.98 Å². The van der Waals surface area contributed by atoms with Crippen molar-refractivity contribution < 1.29 is 9.53 Å². The number of imidazole rings is 1. The number of benzene rings is 2. The molecule has 0 spiro atoms. The monoisotopic (exact) mass is 565 g/mol. The molecule has 7 rings (SSSR count). The number of carbonyl (C=O) groups is 1. The number of halogens is 2. The van der Waals surface area contributed by atoms with Crippen molar-refractivity contribution in [3.63, 3.8) is 0 Å². The minimum Gasteiger partial charge on any atom is -0.485 e. The minimum atomic E-state index is 0. The highest BCUT2D eigenvalue weighted by atomic mass is 35.5. The van der Waals surface area contributed by atoms with E-state index in [1.807, 2.05) is 6.92 Å². The van der Waals surface area contributed by atoms with Crippen LogP contribution in [0.15, 0.2) is 54.9 Å². The summed E-state index contributed by atoms with van der Waals surface area (Å²) < 4.78 is 8.30. The summed E-state index contributed by atoms with van der Waals surface area (Å²) in [6, 6.07) is 17.1. The van der Waals surface area contributed by atoms with Crippen molar-refractivity contribution in [2.75, 3.05) is 37.6 Å². The number of anilines is 1. The van der Waals surface area contributed by atoms with Crippen molar-refractivity contribution in [2.45, 2.75) is 32.8 Å². The number of piperazine rings is 1. The molecule has 7 nitrogen and oxygen atoms in total. The number of hydrogen-bond donors (Lipinski definition) is 0. The Balaban J connectivity index is 0.00000154. The molecule has 3 aliphatic rings. The Hall–Kier alpha value is -3.13. The number of pyridine rings is 1. The van der Waals surface area contributed by atoms with Gasteiger partial charge in [0.2, 0.25) is 0 Å². The fraction of sp³-hybridized carbons (Fsp3) is 0.367. The molecule has 0 bridgehead atoms. The van der Waals surface area contributed by atoms with E-state index in [1.165, 1.54) is 16.6 Å². The Labute approximate surface area is 241 Å². The topological polar surface area (TPSA) is 63.5 Å². The standard InChI is InChI=1S/C30H31N5O2.2ClH/c1-20-8-11-23-24(32-20)5-3-6-25(23)34-16-14-33(15-17-34)13-12-22-4-2-7-26-30(22)37-18-27-28(31-19-35(26)27)29(36)21-9-10-21;;/h2-8,11,19,21H,9-10,12-18H2,1H3;2*1H. The highest BCUT2D eigenvalue weighted by Gasteiger charge is 2.35. The van der Waals surface area contributed by atoms with Crippen LogP contribution in [0.3, 0.4) is 0 Å². The Kier molecular flexibility index (Phi) is 7.85. The maximum absolute atomic E-state index is 12.6. The van der Waals surface area contributed by atoms with Crippen molar-refractivity contribution in [3.05, 3.63) is 77.5 Å². The lowest BCUT2D eigenvalue weighted by Crippen LogP contribution is -2.47. The summed E-state index contributed by atoms with van der Waals surface area (Å²) in [5, 5.41) is 1.23. The molecule has 1 saturated carbocycles. The predicted octanol–water partition coefficient (Wildman–Crippen LogP) is 5.42. The van der Waals surface area contributed by atoms with Gasteiger partial charge in [-0.2, -0.15) is 0 Å². The second-order valence-electron chi connectivity index (χ2n) is 10.5. The van der Waals surface area contributed by atoms with E-state index in [2.05, 4.69) is 67.9 Å². The van der Waals surface area contributed by atoms with Crippen LogP contribution in [-0.2, 0) is 13.0 Å². The third-order valence-electron chi connectivity index (χ3n) is 7.99. The molecule has 1 aliphatic carbocycles. The Morgan fingerprint density at radius 2 is 1.74 bits per heavy atom. The zero-order valence-corrected chi connectivity index (χ0v) is 23.6. The van der Waals surface area contributed by atoms with Crippen molar-refractivity contribution in [1.82, 2.24) is 19.4 Å². The summed E-state index contributed by atoms with van der Waals surface area (Å²) in [5.74, 6) is 1.26. The molecule has 0 amide bonds. The van der Waals surface area contributed by atoms with E-state index >= 15 is 0 Å². The largest absolute Gasteiger partial charge is 0.485 e. The number of ether oxygens (including phenoxy) is 1. The molecule has 1 saturated heterocycles. The van der Waals surface area contributed by atoms with Gasteiger partial charge in [-0.3, -0.25) is 19.2 Å². The number of para-hydroxylation sites is 1. The Morgan fingerprint density at radius 3 is 2.54 bits per heavy atom. The Morgan fingerprint density at radius 1 is 0.974 bits per heavy atom. The third-order valence-corrected chi connectivity index (χ3v) is 7.99. The van der Waals surface area contributed by atoms with Gasteiger partial charge < -0.3 is 9.64 Å². The summed E-state index contributed by atoms with van der Waals surface area (Å²) >= 11 is 0.